The van der Waals surface area contributed by atoms with Crippen molar-refractivity contribution < 1.29 is 14.6 Å². The molecule has 3 N–H and O–H groups in total. The van der Waals surface area contributed by atoms with Gasteiger partial charge in [0.05, 0.1) is 24.0 Å². The van der Waals surface area contributed by atoms with E-state index in [2.05, 4.69) is 0 Å². The first-order valence-corrected chi connectivity index (χ1v) is 6.00. The minimum atomic E-state index is -0.384. The molecule has 0 bridgehead atoms. The number of methoxy groups -OCH3 is 1. The van der Waals surface area contributed by atoms with Crippen LogP contribution in [0.3, 0.4) is 0 Å². The molecule has 1 aliphatic rings. The summed E-state index contributed by atoms with van der Waals surface area (Å²) < 4.78 is 4.77. The molecule has 0 aromatic heterocycles. The molecule has 0 aliphatic carbocycles. The van der Waals surface area contributed by atoms with Crippen molar-refractivity contribution in [2.45, 2.75) is 6.42 Å². The molecule has 18 heavy (non-hydrogen) atoms. The number of hydrogen-bond acceptors (Lipinski definition) is 5. The van der Waals surface area contributed by atoms with E-state index < -0.39 is 0 Å². The molecule has 98 valence electrons. The minimum absolute atomic E-state index is 0.163. The topological polar surface area (TPSA) is 75.8 Å². The van der Waals surface area contributed by atoms with Gasteiger partial charge >= 0.3 is 5.97 Å². The van der Waals surface area contributed by atoms with Gasteiger partial charge in [0.15, 0.2) is 0 Å². The summed E-state index contributed by atoms with van der Waals surface area (Å²) in [5.74, 6) is -0.139. The van der Waals surface area contributed by atoms with E-state index >= 15 is 0 Å². The van der Waals surface area contributed by atoms with E-state index in [9.17, 15) is 9.90 Å². The van der Waals surface area contributed by atoms with Gasteiger partial charge in [-0.25, -0.2) is 4.79 Å². The lowest BCUT2D eigenvalue weighted by Crippen LogP contribution is -2.24. The van der Waals surface area contributed by atoms with Crippen LogP contribution >= 0.6 is 0 Å². The van der Waals surface area contributed by atoms with Crippen LogP contribution in [-0.2, 0) is 4.74 Å². The second kappa shape index (κ2) is 5.27. The van der Waals surface area contributed by atoms with Crippen molar-refractivity contribution in [2.24, 2.45) is 5.92 Å². The van der Waals surface area contributed by atoms with Gasteiger partial charge in [-0.1, -0.05) is 6.07 Å². The molecular formula is C13H18N2O3. The lowest BCUT2D eigenvalue weighted by molar-refractivity contribution is 0.0601. The first-order valence-electron chi connectivity index (χ1n) is 6.00. The SMILES string of the molecule is COC(=O)c1cccc(N)c1N1CCC(CO)C1. The maximum Gasteiger partial charge on any atom is 0.340 e. The van der Waals surface area contributed by atoms with E-state index in [1.54, 1.807) is 18.2 Å². The third-order valence-corrected chi connectivity index (χ3v) is 3.33. The Bertz CT molecular complexity index is 448. The molecular weight excluding hydrogens is 232 g/mol. The molecule has 1 fully saturated rings. The summed E-state index contributed by atoms with van der Waals surface area (Å²) in [7, 11) is 1.36. The number of carbonyl (C=O) groups excluding carboxylic acids is 1. The molecule has 1 aromatic rings. The summed E-state index contributed by atoms with van der Waals surface area (Å²) >= 11 is 0. The molecule has 1 aromatic carbocycles. The standard InChI is InChI=1S/C13H18N2O3/c1-18-13(17)10-3-2-4-11(14)12(10)15-6-5-9(7-15)8-16/h2-4,9,16H,5-8,14H2,1H3. The van der Waals surface area contributed by atoms with Crippen LogP contribution in [0, 0.1) is 5.92 Å². The molecule has 1 saturated heterocycles. The van der Waals surface area contributed by atoms with E-state index in [1.165, 1.54) is 7.11 Å². The fourth-order valence-electron chi connectivity index (χ4n) is 2.37. The van der Waals surface area contributed by atoms with Crippen molar-refractivity contribution in [3.63, 3.8) is 0 Å². The molecule has 1 atom stereocenters. The number of aliphatic hydroxyl groups excluding tert-OH is 1. The van der Waals surface area contributed by atoms with Crippen molar-refractivity contribution in [3.8, 4) is 0 Å². The lowest BCUT2D eigenvalue weighted by Gasteiger charge is -2.22. The van der Waals surface area contributed by atoms with E-state index in [0.29, 0.717) is 17.8 Å². The third kappa shape index (κ3) is 2.26. The summed E-state index contributed by atoms with van der Waals surface area (Å²) in [5, 5.41) is 9.18. The number of esters is 1. The summed E-state index contributed by atoms with van der Waals surface area (Å²) in [6, 6.07) is 5.22. The van der Waals surface area contributed by atoms with Gasteiger partial charge in [0, 0.05) is 25.6 Å². The fraction of sp³-hybridized carbons (Fsp3) is 0.462. The van der Waals surface area contributed by atoms with Crippen molar-refractivity contribution in [3.05, 3.63) is 23.8 Å². The highest BCUT2D eigenvalue weighted by Crippen LogP contribution is 2.32. The third-order valence-electron chi connectivity index (χ3n) is 3.33. The zero-order valence-corrected chi connectivity index (χ0v) is 10.4. The maximum atomic E-state index is 11.7. The molecule has 5 nitrogen and oxygen atoms in total. The largest absolute Gasteiger partial charge is 0.465 e. The van der Waals surface area contributed by atoms with Crippen LogP contribution in [0.25, 0.3) is 0 Å². The summed E-state index contributed by atoms with van der Waals surface area (Å²) in [5.41, 5.74) is 7.74. The lowest BCUT2D eigenvalue weighted by atomic mass is 10.1. The Balaban J connectivity index is 2.34. The van der Waals surface area contributed by atoms with E-state index in [1.807, 2.05) is 4.90 Å². The van der Waals surface area contributed by atoms with Crippen LogP contribution in [0.2, 0.25) is 0 Å². The number of hydrogen-bond donors (Lipinski definition) is 2. The Hall–Kier alpha value is -1.75. The predicted molar refractivity (Wildman–Crippen MR) is 69.6 cm³/mol. The number of carbonyl (C=O) groups is 1. The van der Waals surface area contributed by atoms with Crippen LogP contribution in [0.15, 0.2) is 18.2 Å². The Labute approximate surface area is 106 Å². The predicted octanol–water partition coefficient (Wildman–Crippen LogP) is 0.874. The number of para-hydroxylation sites is 1. The first-order chi connectivity index (χ1) is 8.67. The van der Waals surface area contributed by atoms with Crippen molar-refractivity contribution in [2.75, 3.05) is 37.4 Å². The van der Waals surface area contributed by atoms with Crippen molar-refractivity contribution >= 4 is 17.3 Å². The van der Waals surface area contributed by atoms with Gasteiger partial charge in [-0.15, -0.1) is 0 Å². The van der Waals surface area contributed by atoms with Gasteiger partial charge in [-0.05, 0) is 18.6 Å². The van der Waals surface area contributed by atoms with Gasteiger partial charge in [-0.3, -0.25) is 0 Å². The molecule has 0 radical (unpaired) electrons. The number of benzene rings is 1. The Morgan fingerprint density at radius 1 is 1.61 bits per heavy atom. The second-order valence-electron chi connectivity index (χ2n) is 4.52. The van der Waals surface area contributed by atoms with Gasteiger partial charge < -0.3 is 20.5 Å². The fourth-order valence-corrected chi connectivity index (χ4v) is 2.37. The van der Waals surface area contributed by atoms with Gasteiger partial charge in [0.25, 0.3) is 0 Å². The van der Waals surface area contributed by atoms with Crippen LogP contribution < -0.4 is 10.6 Å². The number of aliphatic hydroxyl groups is 1. The maximum absolute atomic E-state index is 11.7. The average molecular weight is 250 g/mol. The van der Waals surface area contributed by atoms with Crippen LogP contribution in [-0.4, -0.2) is 37.9 Å². The van der Waals surface area contributed by atoms with Gasteiger partial charge in [-0.2, -0.15) is 0 Å². The van der Waals surface area contributed by atoms with E-state index in [-0.39, 0.29) is 18.5 Å². The molecule has 0 saturated carbocycles. The number of ether oxygens (including phenoxy) is 1. The first kappa shape index (κ1) is 12.7. The number of nitrogen functional groups attached to an aromatic ring is 1. The van der Waals surface area contributed by atoms with Crippen LogP contribution in [0.5, 0.6) is 0 Å². The van der Waals surface area contributed by atoms with E-state index in [0.717, 1.165) is 18.7 Å². The molecule has 1 aliphatic heterocycles. The average Bonchev–Trinajstić information content (AvgIpc) is 2.86. The molecule has 0 amide bonds. The second-order valence-corrected chi connectivity index (χ2v) is 4.52. The van der Waals surface area contributed by atoms with Crippen molar-refractivity contribution in [1.29, 1.82) is 0 Å². The molecule has 1 unspecified atom stereocenters. The number of nitrogens with two attached hydrogens (primary N) is 1. The minimum Gasteiger partial charge on any atom is -0.465 e. The zero-order valence-electron chi connectivity index (χ0n) is 10.4. The number of rotatable bonds is 3. The summed E-state index contributed by atoms with van der Waals surface area (Å²) in [6.45, 7) is 1.68. The number of anilines is 2. The molecule has 2 rings (SSSR count). The highest BCUT2D eigenvalue weighted by atomic mass is 16.5. The highest BCUT2D eigenvalue weighted by molar-refractivity contribution is 5.99. The summed E-state index contributed by atoms with van der Waals surface area (Å²) in [6.07, 6.45) is 0.908. The highest BCUT2D eigenvalue weighted by Gasteiger charge is 2.27. The van der Waals surface area contributed by atoms with Gasteiger partial charge in [0.1, 0.15) is 0 Å². The van der Waals surface area contributed by atoms with Crippen LogP contribution in [0.4, 0.5) is 11.4 Å². The monoisotopic (exact) mass is 250 g/mol. The molecule has 1 heterocycles. The quantitative estimate of drug-likeness (QED) is 0.615. The van der Waals surface area contributed by atoms with E-state index in [4.69, 9.17) is 10.5 Å². The zero-order chi connectivity index (χ0) is 13.1. The summed E-state index contributed by atoms with van der Waals surface area (Å²) in [4.78, 5) is 13.8. The molecule has 0 spiro atoms. The van der Waals surface area contributed by atoms with Crippen LogP contribution in [0.1, 0.15) is 16.8 Å². The van der Waals surface area contributed by atoms with Crippen molar-refractivity contribution in [1.82, 2.24) is 0 Å². The molecule has 5 heteroatoms. The number of nitrogens with zero attached hydrogens (tertiary/aromatic N) is 1. The normalized spacial score (nSPS) is 19.0. The Morgan fingerprint density at radius 2 is 2.39 bits per heavy atom. The van der Waals surface area contributed by atoms with Gasteiger partial charge in [0.2, 0.25) is 0 Å². The smallest absolute Gasteiger partial charge is 0.340 e. The Morgan fingerprint density at radius 3 is 3.00 bits per heavy atom. The Kier molecular flexibility index (Phi) is 3.72.